The maximum Gasteiger partial charge on any atom is 0.270 e. The minimum absolute atomic E-state index is 0.114. The number of anilines is 1. The molecule has 100 valence electrons. The highest BCUT2D eigenvalue weighted by molar-refractivity contribution is 7.09. The van der Waals surface area contributed by atoms with E-state index in [9.17, 15) is 4.79 Å². The number of thiazole rings is 1. The third kappa shape index (κ3) is 3.51. The molecule has 0 saturated heterocycles. The van der Waals surface area contributed by atoms with Crippen LogP contribution < -0.4 is 10.6 Å². The Morgan fingerprint density at radius 1 is 1.47 bits per heavy atom. The smallest absolute Gasteiger partial charge is 0.270 e. The molecule has 2 aromatic heterocycles. The first-order chi connectivity index (χ1) is 9.20. The Bertz CT molecular complexity index is 541. The predicted molar refractivity (Wildman–Crippen MR) is 76.4 cm³/mol. The summed E-state index contributed by atoms with van der Waals surface area (Å²) in [5.41, 5.74) is 0.404. The predicted octanol–water partition coefficient (Wildman–Crippen LogP) is 2.46. The Hall–Kier alpha value is -1.95. The van der Waals surface area contributed by atoms with Crippen molar-refractivity contribution in [2.75, 3.05) is 11.9 Å². The second kappa shape index (κ2) is 6.29. The zero-order valence-corrected chi connectivity index (χ0v) is 11.7. The molecule has 1 amide bonds. The maximum atomic E-state index is 12.1. The summed E-state index contributed by atoms with van der Waals surface area (Å²) in [5, 5.41) is 8.75. The highest BCUT2D eigenvalue weighted by atomic mass is 32.1. The van der Waals surface area contributed by atoms with Crippen molar-refractivity contribution in [3.05, 3.63) is 40.5 Å². The summed E-state index contributed by atoms with van der Waals surface area (Å²) in [6, 6.07) is 5.24. The first-order valence-electron chi connectivity index (χ1n) is 6.12. The van der Waals surface area contributed by atoms with Gasteiger partial charge in [-0.05, 0) is 26.0 Å². The largest absolute Gasteiger partial charge is 0.370 e. The number of hydrogen-bond donors (Lipinski definition) is 2. The van der Waals surface area contributed by atoms with Gasteiger partial charge in [0.25, 0.3) is 5.91 Å². The van der Waals surface area contributed by atoms with Gasteiger partial charge in [0.1, 0.15) is 16.5 Å². The lowest BCUT2D eigenvalue weighted by atomic mass is 10.3. The second-order valence-corrected chi connectivity index (χ2v) is 4.93. The Morgan fingerprint density at radius 2 is 2.32 bits per heavy atom. The number of pyridine rings is 1. The van der Waals surface area contributed by atoms with Crippen LogP contribution in [-0.4, -0.2) is 22.4 Å². The van der Waals surface area contributed by atoms with E-state index in [4.69, 9.17) is 0 Å². The van der Waals surface area contributed by atoms with Gasteiger partial charge in [-0.2, -0.15) is 0 Å². The first-order valence-corrected chi connectivity index (χ1v) is 7.00. The van der Waals surface area contributed by atoms with E-state index >= 15 is 0 Å². The van der Waals surface area contributed by atoms with E-state index in [1.54, 1.807) is 12.3 Å². The van der Waals surface area contributed by atoms with Gasteiger partial charge in [-0.25, -0.2) is 9.97 Å². The van der Waals surface area contributed by atoms with Crippen molar-refractivity contribution in [2.24, 2.45) is 0 Å². The molecule has 0 bridgehead atoms. The SMILES string of the molecule is CCNc1cccc(C(=O)NC(C)c2nccs2)n1. The molecule has 2 aromatic rings. The Kier molecular flexibility index (Phi) is 4.46. The quantitative estimate of drug-likeness (QED) is 0.880. The fourth-order valence-corrected chi connectivity index (χ4v) is 2.27. The standard InChI is InChI=1S/C13H16N4OS/c1-3-14-11-6-4-5-10(17-11)12(18)16-9(2)13-15-7-8-19-13/h4-9H,3H2,1-2H3,(H,14,17)(H,16,18). The van der Waals surface area contributed by atoms with Gasteiger partial charge in [0, 0.05) is 18.1 Å². The van der Waals surface area contributed by atoms with Gasteiger partial charge in [-0.15, -0.1) is 11.3 Å². The summed E-state index contributed by atoms with van der Waals surface area (Å²) in [5.74, 6) is 0.513. The molecule has 0 saturated carbocycles. The van der Waals surface area contributed by atoms with Crippen LogP contribution in [0.1, 0.15) is 35.4 Å². The molecule has 19 heavy (non-hydrogen) atoms. The molecule has 6 heteroatoms. The number of rotatable bonds is 5. The summed E-state index contributed by atoms with van der Waals surface area (Å²) >= 11 is 1.52. The van der Waals surface area contributed by atoms with Crippen molar-refractivity contribution in [2.45, 2.75) is 19.9 Å². The fourth-order valence-electron chi connectivity index (χ4n) is 1.62. The molecule has 2 rings (SSSR count). The molecule has 0 fully saturated rings. The van der Waals surface area contributed by atoms with Crippen molar-refractivity contribution in [1.82, 2.24) is 15.3 Å². The molecular formula is C13H16N4OS. The van der Waals surface area contributed by atoms with Crippen molar-refractivity contribution in [1.29, 1.82) is 0 Å². The Balaban J connectivity index is 2.05. The highest BCUT2D eigenvalue weighted by Crippen LogP contribution is 2.15. The van der Waals surface area contributed by atoms with Crippen LogP contribution in [0.25, 0.3) is 0 Å². The molecule has 0 aliphatic heterocycles. The lowest BCUT2D eigenvalue weighted by molar-refractivity contribution is 0.0935. The van der Waals surface area contributed by atoms with Gasteiger partial charge in [0.2, 0.25) is 0 Å². The van der Waals surface area contributed by atoms with E-state index in [-0.39, 0.29) is 11.9 Å². The van der Waals surface area contributed by atoms with Crippen molar-refractivity contribution >= 4 is 23.1 Å². The maximum absolute atomic E-state index is 12.1. The molecule has 2 N–H and O–H groups in total. The average molecular weight is 276 g/mol. The third-order valence-electron chi connectivity index (χ3n) is 2.51. The molecule has 1 atom stereocenters. The molecule has 0 aliphatic carbocycles. The molecule has 2 heterocycles. The van der Waals surface area contributed by atoms with E-state index < -0.39 is 0 Å². The highest BCUT2D eigenvalue weighted by Gasteiger charge is 2.14. The van der Waals surface area contributed by atoms with E-state index in [1.165, 1.54) is 11.3 Å². The number of hydrogen-bond acceptors (Lipinski definition) is 5. The summed E-state index contributed by atoms with van der Waals surface area (Å²) in [6.45, 7) is 4.66. The number of aromatic nitrogens is 2. The minimum atomic E-state index is -0.192. The van der Waals surface area contributed by atoms with Crippen molar-refractivity contribution in [3.8, 4) is 0 Å². The van der Waals surface area contributed by atoms with Crippen molar-refractivity contribution < 1.29 is 4.79 Å². The summed E-state index contributed by atoms with van der Waals surface area (Å²) in [4.78, 5) is 20.5. The topological polar surface area (TPSA) is 66.9 Å². The van der Waals surface area contributed by atoms with Crippen LogP contribution in [0.2, 0.25) is 0 Å². The number of nitrogens with zero attached hydrogens (tertiary/aromatic N) is 2. The molecule has 0 radical (unpaired) electrons. The molecule has 1 unspecified atom stereocenters. The monoisotopic (exact) mass is 276 g/mol. The summed E-state index contributed by atoms with van der Waals surface area (Å²) in [7, 11) is 0. The minimum Gasteiger partial charge on any atom is -0.370 e. The number of carbonyl (C=O) groups excluding carboxylic acids is 1. The molecule has 0 aromatic carbocycles. The first kappa shape index (κ1) is 13.5. The van der Waals surface area contributed by atoms with Crippen LogP contribution in [0.15, 0.2) is 29.8 Å². The van der Waals surface area contributed by atoms with Crippen molar-refractivity contribution in [3.63, 3.8) is 0 Å². The Morgan fingerprint density at radius 3 is 3.00 bits per heavy atom. The van der Waals surface area contributed by atoms with E-state index in [0.717, 1.165) is 11.6 Å². The number of carbonyl (C=O) groups is 1. The zero-order valence-electron chi connectivity index (χ0n) is 10.9. The van der Waals surface area contributed by atoms with Gasteiger partial charge in [0.15, 0.2) is 0 Å². The van der Waals surface area contributed by atoms with Gasteiger partial charge in [-0.1, -0.05) is 6.07 Å². The fraction of sp³-hybridized carbons (Fsp3) is 0.308. The van der Waals surface area contributed by atoms with E-state index in [2.05, 4.69) is 20.6 Å². The normalized spacial score (nSPS) is 11.9. The Labute approximate surface area is 116 Å². The van der Waals surface area contributed by atoms with Gasteiger partial charge < -0.3 is 10.6 Å². The molecular weight excluding hydrogens is 260 g/mol. The lowest BCUT2D eigenvalue weighted by Gasteiger charge is -2.11. The van der Waals surface area contributed by atoms with Crippen LogP contribution >= 0.6 is 11.3 Å². The van der Waals surface area contributed by atoms with Gasteiger partial charge >= 0.3 is 0 Å². The number of amides is 1. The number of nitrogens with one attached hydrogen (secondary N) is 2. The second-order valence-electron chi connectivity index (χ2n) is 4.00. The average Bonchev–Trinajstić information content (AvgIpc) is 2.93. The van der Waals surface area contributed by atoms with Gasteiger partial charge in [-0.3, -0.25) is 4.79 Å². The van der Waals surface area contributed by atoms with E-state index in [0.29, 0.717) is 11.5 Å². The van der Waals surface area contributed by atoms with Crippen LogP contribution in [0.5, 0.6) is 0 Å². The van der Waals surface area contributed by atoms with Crippen LogP contribution in [-0.2, 0) is 0 Å². The van der Waals surface area contributed by atoms with Crippen LogP contribution in [0.3, 0.4) is 0 Å². The van der Waals surface area contributed by atoms with E-state index in [1.807, 2.05) is 31.4 Å². The van der Waals surface area contributed by atoms with Crippen LogP contribution in [0, 0.1) is 0 Å². The molecule has 5 nitrogen and oxygen atoms in total. The van der Waals surface area contributed by atoms with Crippen LogP contribution in [0.4, 0.5) is 5.82 Å². The molecule has 0 aliphatic rings. The summed E-state index contributed by atoms with van der Waals surface area (Å²) < 4.78 is 0. The zero-order chi connectivity index (χ0) is 13.7. The lowest BCUT2D eigenvalue weighted by Crippen LogP contribution is -2.27. The van der Waals surface area contributed by atoms with Gasteiger partial charge in [0.05, 0.1) is 6.04 Å². The summed E-state index contributed by atoms with van der Waals surface area (Å²) in [6.07, 6.45) is 1.73. The molecule has 0 spiro atoms. The third-order valence-corrected chi connectivity index (χ3v) is 3.47.